The molecule has 25 heavy (non-hydrogen) atoms. The van der Waals surface area contributed by atoms with Crippen LogP contribution in [0, 0.1) is 12.7 Å². The van der Waals surface area contributed by atoms with Crippen molar-refractivity contribution in [3.63, 3.8) is 0 Å². The molecule has 1 aromatic heterocycles. The van der Waals surface area contributed by atoms with Crippen LogP contribution in [0.3, 0.4) is 0 Å². The van der Waals surface area contributed by atoms with Gasteiger partial charge in [-0.1, -0.05) is 18.2 Å². The Morgan fingerprint density at radius 2 is 1.84 bits per heavy atom. The molecule has 2 aromatic rings. The average Bonchev–Trinajstić information content (AvgIpc) is 2.59. The number of nitrogens with one attached hydrogen (secondary N) is 1. The molecule has 1 aromatic carbocycles. The number of rotatable bonds is 5. The fourth-order valence-corrected chi connectivity index (χ4v) is 4.32. The lowest BCUT2D eigenvalue weighted by atomic mass is 9.94. The molecule has 1 fully saturated rings. The Kier molecular flexibility index (Phi) is 5.34. The normalized spacial score (nSPS) is 21.0. The van der Waals surface area contributed by atoms with Crippen LogP contribution in [0.25, 0.3) is 0 Å². The van der Waals surface area contributed by atoms with E-state index in [4.69, 9.17) is 4.74 Å². The van der Waals surface area contributed by atoms with Crippen molar-refractivity contribution in [2.45, 2.75) is 49.6 Å². The average molecular weight is 364 g/mol. The van der Waals surface area contributed by atoms with Gasteiger partial charge in [0.2, 0.25) is 15.9 Å². The maximum atomic E-state index is 13.7. The first-order valence-electron chi connectivity index (χ1n) is 8.30. The largest absolute Gasteiger partial charge is 0.474 e. The van der Waals surface area contributed by atoms with Crippen molar-refractivity contribution in [3.8, 4) is 5.88 Å². The second kappa shape index (κ2) is 7.49. The number of sulfonamides is 1. The topological polar surface area (TPSA) is 68.3 Å². The minimum absolute atomic E-state index is 0.0180. The van der Waals surface area contributed by atoms with Gasteiger partial charge in [-0.05, 0) is 50.3 Å². The summed E-state index contributed by atoms with van der Waals surface area (Å²) in [5.74, 6) is -0.154. The number of ether oxygens (including phenoxy) is 1. The van der Waals surface area contributed by atoms with E-state index in [9.17, 15) is 12.8 Å². The molecule has 134 valence electrons. The van der Waals surface area contributed by atoms with Crippen LogP contribution in [0.15, 0.2) is 47.5 Å². The smallest absolute Gasteiger partial charge is 0.243 e. The van der Waals surface area contributed by atoms with E-state index in [2.05, 4.69) is 9.71 Å². The molecule has 1 aliphatic carbocycles. The highest BCUT2D eigenvalue weighted by molar-refractivity contribution is 7.89. The quantitative estimate of drug-likeness (QED) is 0.885. The lowest BCUT2D eigenvalue weighted by Crippen LogP contribution is -2.40. The summed E-state index contributed by atoms with van der Waals surface area (Å²) in [5.41, 5.74) is 1.07. The fourth-order valence-electron chi connectivity index (χ4n) is 2.94. The van der Waals surface area contributed by atoms with E-state index >= 15 is 0 Å². The molecule has 0 saturated heterocycles. The zero-order chi connectivity index (χ0) is 17.9. The highest BCUT2D eigenvalue weighted by atomic mass is 32.2. The Balaban J connectivity index is 1.55. The molecule has 1 aliphatic rings. The minimum Gasteiger partial charge on any atom is -0.474 e. The van der Waals surface area contributed by atoms with Crippen LogP contribution in [0.1, 0.15) is 31.2 Å². The standard InChI is InChI=1S/C18H21FN2O3S/c1-13-6-11-18(20-12-13)24-15-9-7-14(8-10-15)21-25(22,23)17-5-3-2-4-16(17)19/h2-6,11-12,14-15,21H,7-10H2,1H3. The number of pyridine rings is 1. The Morgan fingerprint density at radius 3 is 2.48 bits per heavy atom. The molecule has 5 nitrogen and oxygen atoms in total. The van der Waals surface area contributed by atoms with Gasteiger partial charge in [-0.25, -0.2) is 22.5 Å². The predicted octanol–water partition coefficient (Wildman–Crippen LogP) is 3.20. The summed E-state index contributed by atoms with van der Waals surface area (Å²) >= 11 is 0. The SMILES string of the molecule is Cc1ccc(OC2CCC(NS(=O)(=O)c3ccccc3F)CC2)nc1. The van der Waals surface area contributed by atoms with E-state index in [1.54, 1.807) is 6.20 Å². The second-order valence-corrected chi connectivity index (χ2v) is 8.00. The molecule has 0 radical (unpaired) electrons. The highest BCUT2D eigenvalue weighted by Gasteiger charge is 2.28. The first-order chi connectivity index (χ1) is 11.9. The summed E-state index contributed by atoms with van der Waals surface area (Å²) < 4.78 is 46.8. The van der Waals surface area contributed by atoms with Gasteiger partial charge >= 0.3 is 0 Å². The highest BCUT2D eigenvalue weighted by Crippen LogP contribution is 2.24. The van der Waals surface area contributed by atoms with Gasteiger partial charge in [0, 0.05) is 18.3 Å². The molecule has 0 unspecified atom stereocenters. The van der Waals surface area contributed by atoms with Crippen LogP contribution >= 0.6 is 0 Å². The maximum Gasteiger partial charge on any atom is 0.243 e. The predicted molar refractivity (Wildman–Crippen MR) is 92.4 cm³/mol. The van der Waals surface area contributed by atoms with Gasteiger partial charge in [-0.15, -0.1) is 0 Å². The van der Waals surface area contributed by atoms with Crippen molar-refractivity contribution < 1.29 is 17.5 Å². The Morgan fingerprint density at radius 1 is 1.12 bits per heavy atom. The van der Waals surface area contributed by atoms with E-state index in [0.29, 0.717) is 18.7 Å². The number of aryl methyl sites for hydroxylation is 1. The lowest BCUT2D eigenvalue weighted by molar-refractivity contribution is 0.138. The molecule has 7 heteroatoms. The summed E-state index contributed by atoms with van der Waals surface area (Å²) in [7, 11) is -3.85. The number of aromatic nitrogens is 1. The first-order valence-corrected chi connectivity index (χ1v) is 9.78. The number of hydrogen-bond donors (Lipinski definition) is 1. The molecule has 0 amide bonds. The van der Waals surface area contributed by atoms with Gasteiger partial charge in [0.15, 0.2) is 0 Å². The fraction of sp³-hybridized carbons (Fsp3) is 0.389. The van der Waals surface area contributed by atoms with E-state index in [1.807, 2.05) is 19.1 Å². The molecule has 0 aliphatic heterocycles. The van der Waals surface area contributed by atoms with Crippen LogP contribution in [0.4, 0.5) is 4.39 Å². The van der Waals surface area contributed by atoms with E-state index in [1.165, 1.54) is 18.2 Å². The second-order valence-electron chi connectivity index (χ2n) is 6.32. The summed E-state index contributed by atoms with van der Waals surface area (Å²) in [6.07, 6.45) is 4.50. The maximum absolute atomic E-state index is 13.7. The van der Waals surface area contributed by atoms with Crippen molar-refractivity contribution in [1.29, 1.82) is 0 Å². The summed E-state index contributed by atoms with van der Waals surface area (Å²) in [5, 5.41) is 0. The summed E-state index contributed by atoms with van der Waals surface area (Å²) in [6, 6.07) is 8.96. The Labute approximate surface area is 147 Å². The van der Waals surface area contributed by atoms with Gasteiger partial charge in [0.25, 0.3) is 0 Å². The molecule has 3 rings (SSSR count). The van der Waals surface area contributed by atoms with Gasteiger partial charge in [0.05, 0.1) is 0 Å². The van der Waals surface area contributed by atoms with Gasteiger partial charge < -0.3 is 4.74 Å². The molecular weight excluding hydrogens is 343 g/mol. The number of hydrogen-bond acceptors (Lipinski definition) is 4. The van der Waals surface area contributed by atoms with Crippen LogP contribution in [0.2, 0.25) is 0 Å². The molecule has 0 spiro atoms. The lowest BCUT2D eigenvalue weighted by Gasteiger charge is -2.29. The van der Waals surface area contributed by atoms with Gasteiger partial charge in [0.1, 0.15) is 16.8 Å². The van der Waals surface area contributed by atoms with Crippen molar-refractivity contribution in [1.82, 2.24) is 9.71 Å². The molecule has 1 saturated carbocycles. The third kappa shape index (κ3) is 4.55. The van der Waals surface area contributed by atoms with Gasteiger partial charge in [-0.3, -0.25) is 0 Å². The zero-order valence-electron chi connectivity index (χ0n) is 14.0. The number of benzene rings is 1. The van der Waals surface area contributed by atoms with Crippen LogP contribution in [-0.2, 0) is 10.0 Å². The molecule has 0 atom stereocenters. The van der Waals surface area contributed by atoms with Crippen molar-refractivity contribution in [2.24, 2.45) is 0 Å². The van der Waals surface area contributed by atoms with Crippen LogP contribution in [-0.4, -0.2) is 25.5 Å². The van der Waals surface area contributed by atoms with Crippen LogP contribution in [0.5, 0.6) is 5.88 Å². The van der Waals surface area contributed by atoms with E-state index in [0.717, 1.165) is 24.5 Å². The Bertz CT molecular complexity index is 816. The van der Waals surface area contributed by atoms with Crippen molar-refractivity contribution >= 4 is 10.0 Å². The van der Waals surface area contributed by atoms with Gasteiger partial charge in [-0.2, -0.15) is 0 Å². The number of halogens is 1. The third-order valence-corrected chi connectivity index (χ3v) is 5.85. The minimum atomic E-state index is -3.85. The molecule has 0 bridgehead atoms. The molecular formula is C18H21FN2O3S. The molecule has 1 N–H and O–H groups in total. The first kappa shape index (κ1) is 17.8. The summed E-state index contributed by atoms with van der Waals surface area (Å²) in [4.78, 5) is 3.92. The summed E-state index contributed by atoms with van der Waals surface area (Å²) in [6.45, 7) is 1.96. The molecule has 1 heterocycles. The van der Waals surface area contributed by atoms with Crippen LogP contribution < -0.4 is 9.46 Å². The van der Waals surface area contributed by atoms with Crippen molar-refractivity contribution in [3.05, 3.63) is 54.0 Å². The number of nitrogens with zero attached hydrogens (tertiary/aromatic N) is 1. The zero-order valence-corrected chi connectivity index (χ0v) is 14.8. The van der Waals surface area contributed by atoms with E-state index in [-0.39, 0.29) is 17.0 Å². The Hall–Kier alpha value is -1.99. The third-order valence-electron chi connectivity index (χ3n) is 4.29. The van der Waals surface area contributed by atoms with E-state index < -0.39 is 15.8 Å². The monoisotopic (exact) mass is 364 g/mol. The van der Waals surface area contributed by atoms with Crippen molar-refractivity contribution in [2.75, 3.05) is 0 Å².